The molecule has 1 unspecified atom stereocenters. The van der Waals surface area contributed by atoms with E-state index in [4.69, 9.17) is 11.6 Å². The molecule has 0 spiro atoms. The Morgan fingerprint density at radius 2 is 2.11 bits per heavy atom. The molecule has 5 heteroatoms. The van der Waals surface area contributed by atoms with E-state index in [1.54, 1.807) is 4.90 Å². The Morgan fingerprint density at radius 3 is 2.83 bits per heavy atom. The van der Waals surface area contributed by atoms with Gasteiger partial charge in [-0.3, -0.25) is 9.59 Å². The summed E-state index contributed by atoms with van der Waals surface area (Å²) in [5, 5.41) is 2.72. The van der Waals surface area contributed by atoms with E-state index in [9.17, 15) is 9.59 Å². The number of amides is 2. The number of nitrogens with zero attached hydrogens (tertiary/aromatic N) is 1. The van der Waals surface area contributed by atoms with Gasteiger partial charge in [0.25, 0.3) is 0 Å². The monoisotopic (exact) mass is 264 g/mol. The van der Waals surface area contributed by atoms with Crippen LogP contribution in [0, 0.1) is 0 Å². The van der Waals surface area contributed by atoms with Crippen LogP contribution < -0.4 is 10.2 Å². The van der Waals surface area contributed by atoms with Crippen LogP contribution >= 0.6 is 11.6 Å². The molecule has 18 heavy (non-hydrogen) atoms. The Kier molecular flexibility index (Phi) is 2.74. The van der Waals surface area contributed by atoms with E-state index in [1.165, 1.54) is 0 Å². The molecule has 0 radical (unpaired) electrons. The van der Waals surface area contributed by atoms with Crippen molar-refractivity contribution in [3.63, 3.8) is 0 Å². The van der Waals surface area contributed by atoms with Crippen molar-refractivity contribution in [2.75, 3.05) is 16.8 Å². The minimum Gasteiger partial charge on any atom is -0.326 e. The lowest BCUT2D eigenvalue weighted by atomic mass is 10.0. The van der Waals surface area contributed by atoms with E-state index in [2.05, 4.69) is 5.32 Å². The lowest BCUT2D eigenvalue weighted by molar-refractivity contribution is -0.117. The lowest BCUT2D eigenvalue weighted by Gasteiger charge is -2.21. The second-order valence-electron chi connectivity index (χ2n) is 4.70. The third-order valence-corrected chi connectivity index (χ3v) is 3.67. The van der Waals surface area contributed by atoms with Crippen molar-refractivity contribution in [3.05, 3.63) is 23.8 Å². The minimum absolute atomic E-state index is 0.0302. The fourth-order valence-electron chi connectivity index (χ4n) is 2.44. The summed E-state index contributed by atoms with van der Waals surface area (Å²) in [7, 11) is 0. The molecule has 1 atom stereocenters. The number of carbonyl (C=O) groups is 2. The molecule has 0 aliphatic carbocycles. The fourth-order valence-corrected chi connectivity index (χ4v) is 2.71. The first-order chi connectivity index (χ1) is 8.63. The van der Waals surface area contributed by atoms with E-state index < -0.39 is 0 Å². The van der Waals surface area contributed by atoms with Crippen LogP contribution in [-0.2, 0) is 16.0 Å². The number of benzene rings is 1. The predicted molar refractivity (Wildman–Crippen MR) is 70.0 cm³/mol. The Hall–Kier alpha value is -1.55. The summed E-state index contributed by atoms with van der Waals surface area (Å²) < 4.78 is 0. The zero-order valence-corrected chi connectivity index (χ0v) is 10.5. The van der Waals surface area contributed by atoms with E-state index in [0.717, 1.165) is 23.4 Å². The summed E-state index contributed by atoms with van der Waals surface area (Å²) >= 11 is 5.99. The maximum absolute atomic E-state index is 11.8. The van der Waals surface area contributed by atoms with Gasteiger partial charge >= 0.3 is 0 Å². The standard InChI is InChI=1S/C13H13ClN2O2/c14-9-5-13(18)16(7-9)10-3-1-8-2-4-12(17)15-11(8)6-10/h1,3,6,9H,2,4-5,7H2,(H,15,17). The summed E-state index contributed by atoms with van der Waals surface area (Å²) in [6, 6.07) is 5.75. The second kappa shape index (κ2) is 4.28. The van der Waals surface area contributed by atoms with Gasteiger partial charge in [0.1, 0.15) is 0 Å². The number of nitrogens with one attached hydrogen (secondary N) is 1. The zero-order valence-electron chi connectivity index (χ0n) is 9.78. The number of fused-ring (bicyclic) bond motifs is 1. The SMILES string of the molecule is O=C1CCc2ccc(N3CC(Cl)CC3=O)cc2N1. The van der Waals surface area contributed by atoms with Crippen LogP contribution in [-0.4, -0.2) is 23.7 Å². The molecule has 2 aliphatic rings. The highest BCUT2D eigenvalue weighted by Gasteiger charge is 2.29. The minimum atomic E-state index is -0.122. The molecular weight excluding hydrogens is 252 g/mol. The highest BCUT2D eigenvalue weighted by atomic mass is 35.5. The number of carbonyl (C=O) groups excluding carboxylic acids is 2. The van der Waals surface area contributed by atoms with Crippen molar-refractivity contribution >= 4 is 34.8 Å². The number of hydrogen-bond acceptors (Lipinski definition) is 2. The molecule has 1 aromatic rings. The largest absolute Gasteiger partial charge is 0.326 e. The summed E-state index contributed by atoms with van der Waals surface area (Å²) in [5.41, 5.74) is 2.74. The van der Waals surface area contributed by atoms with Crippen LogP contribution in [0.15, 0.2) is 18.2 Å². The quantitative estimate of drug-likeness (QED) is 0.788. The Balaban J connectivity index is 1.92. The van der Waals surface area contributed by atoms with Crippen molar-refractivity contribution in [1.82, 2.24) is 0 Å². The van der Waals surface area contributed by atoms with Gasteiger partial charge in [0.15, 0.2) is 0 Å². The first kappa shape index (κ1) is 11.5. The molecule has 2 amide bonds. The van der Waals surface area contributed by atoms with Crippen molar-refractivity contribution in [1.29, 1.82) is 0 Å². The van der Waals surface area contributed by atoms with Crippen LogP contribution in [0.2, 0.25) is 0 Å². The van der Waals surface area contributed by atoms with E-state index >= 15 is 0 Å². The number of aryl methyl sites for hydroxylation is 1. The van der Waals surface area contributed by atoms with E-state index in [-0.39, 0.29) is 17.2 Å². The molecule has 3 rings (SSSR count). The molecule has 2 heterocycles. The highest BCUT2D eigenvalue weighted by molar-refractivity contribution is 6.24. The van der Waals surface area contributed by atoms with Crippen LogP contribution in [0.5, 0.6) is 0 Å². The molecule has 1 fully saturated rings. The average molecular weight is 265 g/mol. The predicted octanol–water partition coefficient (Wildman–Crippen LogP) is 1.92. The first-order valence-electron chi connectivity index (χ1n) is 6.01. The maximum Gasteiger partial charge on any atom is 0.228 e. The first-order valence-corrected chi connectivity index (χ1v) is 6.44. The Morgan fingerprint density at radius 1 is 1.28 bits per heavy atom. The van der Waals surface area contributed by atoms with Crippen LogP contribution in [0.1, 0.15) is 18.4 Å². The van der Waals surface area contributed by atoms with Gasteiger partial charge in [-0.1, -0.05) is 6.07 Å². The van der Waals surface area contributed by atoms with Crippen molar-refractivity contribution in [2.24, 2.45) is 0 Å². The molecule has 1 N–H and O–H groups in total. The number of alkyl halides is 1. The average Bonchev–Trinajstić information content (AvgIpc) is 2.67. The Bertz CT molecular complexity index is 530. The van der Waals surface area contributed by atoms with Crippen LogP contribution in [0.4, 0.5) is 11.4 Å². The number of halogens is 1. The highest BCUT2D eigenvalue weighted by Crippen LogP contribution is 2.30. The number of anilines is 2. The smallest absolute Gasteiger partial charge is 0.228 e. The van der Waals surface area contributed by atoms with Gasteiger partial charge in [-0.15, -0.1) is 11.6 Å². The molecule has 94 valence electrons. The number of rotatable bonds is 1. The third kappa shape index (κ3) is 1.97. The molecule has 1 aromatic carbocycles. The van der Waals surface area contributed by atoms with Gasteiger partial charge in [-0.25, -0.2) is 0 Å². The zero-order chi connectivity index (χ0) is 12.7. The van der Waals surface area contributed by atoms with Crippen molar-refractivity contribution in [3.8, 4) is 0 Å². The summed E-state index contributed by atoms with van der Waals surface area (Å²) in [5.74, 6) is 0.0692. The maximum atomic E-state index is 11.8. The van der Waals surface area contributed by atoms with Gasteiger partial charge in [0.2, 0.25) is 11.8 Å². The molecular formula is C13H13ClN2O2. The second-order valence-corrected chi connectivity index (χ2v) is 5.31. The lowest BCUT2D eigenvalue weighted by Crippen LogP contribution is -2.25. The number of hydrogen-bond donors (Lipinski definition) is 1. The molecule has 2 aliphatic heterocycles. The normalized spacial score (nSPS) is 22.9. The summed E-state index contributed by atoms with van der Waals surface area (Å²) in [6.07, 6.45) is 1.66. The van der Waals surface area contributed by atoms with Crippen LogP contribution in [0.25, 0.3) is 0 Å². The fraction of sp³-hybridized carbons (Fsp3) is 0.385. The molecule has 0 aromatic heterocycles. The van der Waals surface area contributed by atoms with Crippen molar-refractivity contribution < 1.29 is 9.59 Å². The van der Waals surface area contributed by atoms with E-state index in [1.807, 2.05) is 18.2 Å². The summed E-state index contributed by atoms with van der Waals surface area (Å²) in [4.78, 5) is 24.8. The topological polar surface area (TPSA) is 49.4 Å². The van der Waals surface area contributed by atoms with Crippen LogP contribution in [0.3, 0.4) is 0 Å². The molecule has 0 bridgehead atoms. The third-order valence-electron chi connectivity index (χ3n) is 3.38. The van der Waals surface area contributed by atoms with Gasteiger partial charge in [-0.05, 0) is 24.1 Å². The Labute approximate surface area is 110 Å². The van der Waals surface area contributed by atoms with Gasteiger partial charge in [0, 0.05) is 30.8 Å². The molecule has 1 saturated heterocycles. The summed E-state index contributed by atoms with van der Waals surface area (Å²) in [6.45, 7) is 0.535. The van der Waals surface area contributed by atoms with E-state index in [0.29, 0.717) is 19.4 Å². The van der Waals surface area contributed by atoms with Gasteiger partial charge in [-0.2, -0.15) is 0 Å². The molecule has 4 nitrogen and oxygen atoms in total. The van der Waals surface area contributed by atoms with Gasteiger partial charge in [0.05, 0.1) is 5.38 Å². The van der Waals surface area contributed by atoms with Crippen molar-refractivity contribution in [2.45, 2.75) is 24.6 Å². The molecule has 0 saturated carbocycles. The van der Waals surface area contributed by atoms with Gasteiger partial charge < -0.3 is 10.2 Å².